The van der Waals surface area contributed by atoms with Gasteiger partial charge >= 0.3 is 0 Å². The zero-order valence-corrected chi connectivity index (χ0v) is 82.3. The van der Waals surface area contributed by atoms with Gasteiger partial charge in [-0.2, -0.15) is 0 Å². The lowest BCUT2D eigenvalue weighted by Crippen LogP contribution is -2.27. The predicted octanol–water partition coefficient (Wildman–Crippen LogP) is 32.9. The van der Waals surface area contributed by atoms with Gasteiger partial charge in [-0.05, 0) is 214 Å². The SMILES string of the molecule is CC.CC.CC.CC.CC.CC.CC=CC=C(C)CC.CC=CC=CCC.CC=CC=CCCC.CC=Cc1ccccc1.CC=Cc1ccccc1.CCC1CCNCC1.CCC=Cc1ccc(CC)cc1.CCNC.CCc1cc[n+](C)cc1.CCc1ccccc1.CCc1ccccn1.CCc1cccnc1.CCc1cncnc1. The maximum Gasteiger partial charge on any atom is 0.168 e. The molecule has 5 heterocycles. The molecule has 8 aromatic rings. The van der Waals surface area contributed by atoms with Crippen LogP contribution in [0.3, 0.4) is 0 Å². The van der Waals surface area contributed by atoms with Crippen LogP contribution in [0.5, 0.6) is 0 Å². The molecule has 0 aliphatic carbocycles. The van der Waals surface area contributed by atoms with Crippen LogP contribution >= 0.6 is 0 Å². The van der Waals surface area contributed by atoms with Crippen molar-refractivity contribution in [3.8, 4) is 0 Å². The van der Waals surface area contributed by atoms with E-state index in [1.807, 2.05) is 264 Å². The topological polar surface area (TPSA) is 79.5 Å². The highest BCUT2D eigenvalue weighted by Gasteiger charge is 2.09. The Hall–Kier alpha value is -9.01. The van der Waals surface area contributed by atoms with E-state index in [9.17, 15) is 0 Å². The molecule has 0 radical (unpaired) electrons. The summed E-state index contributed by atoms with van der Waals surface area (Å²) in [5.74, 6) is 1.02. The molecule has 0 spiro atoms. The Morgan fingerprint density at radius 1 is 0.407 bits per heavy atom. The van der Waals surface area contributed by atoms with Gasteiger partial charge < -0.3 is 10.6 Å². The molecule has 0 saturated carbocycles. The number of aryl methyl sites for hydroxylation is 7. The van der Waals surface area contributed by atoms with Gasteiger partial charge in [-0.3, -0.25) is 9.97 Å². The number of allylic oxidation sites excluding steroid dienone is 15. The number of nitrogens with one attached hydrogen (secondary N) is 2. The maximum absolute atomic E-state index is 4.10. The van der Waals surface area contributed by atoms with Gasteiger partial charge in [0.1, 0.15) is 13.4 Å². The van der Waals surface area contributed by atoms with Gasteiger partial charge in [0.15, 0.2) is 12.4 Å². The largest absolute Gasteiger partial charge is 0.320 e. The molecule has 662 valence electrons. The van der Waals surface area contributed by atoms with Crippen LogP contribution in [-0.2, 0) is 45.6 Å². The summed E-state index contributed by atoms with van der Waals surface area (Å²) in [6.45, 7) is 65.6. The molecular weight excluding hydrogens is 1430 g/mol. The van der Waals surface area contributed by atoms with E-state index in [2.05, 4.69) is 291 Å². The average Bonchev–Trinajstić information content (AvgIpc) is 0.929. The number of hydrogen-bond acceptors (Lipinski definition) is 6. The van der Waals surface area contributed by atoms with Crippen molar-refractivity contribution < 1.29 is 4.57 Å². The summed E-state index contributed by atoms with van der Waals surface area (Å²) in [7, 11) is 3.96. The van der Waals surface area contributed by atoms with Crippen molar-refractivity contribution in [1.29, 1.82) is 0 Å². The number of piperidine rings is 1. The maximum atomic E-state index is 4.10. The second-order valence-corrected chi connectivity index (χ2v) is 24.1. The fourth-order valence-corrected chi connectivity index (χ4v) is 8.29. The van der Waals surface area contributed by atoms with Gasteiger partial charge in [-0.15, -0.1) is 0 Å². The van der Waals surface area contributed by atoms with Crippen molar-refractivity contribution >= 4 is 18.2 Å². The van der Waals surface area contributed by atoms with Gasteiger partial charge in [-0.1, -0.05) is 415 Å². The molecule has 2 N–H and O–H groups in total. The fraction of sp³-hybridized carbons (Fsp3) is 0.450. The molecule has 4 aromatic heterocycles. The van der Waals surface area contributed by atoms with Crippen LogP contribution in [0.15, 0.2) is 298 Å². The van der Waals surface area contributed by atoms with E-state index in [1.54, 1.807) is 12.5 Å². The van der Waals surface area contributed by atoms with Crippen molar-refractivity contribution in [1.82, 2.24) is 30.6 Å². The van der Waals surface area contributed by atoms with Crippen LogP contribution in [-0.4, -0.2) is 46.6 Å². The molecule has 7 heteroatoms. The molecule has 1 aliphatic heterocycles. The molecule has 1 saturated heterocycles. The van der Waals surface area contributed by atoms with Crippen molar-refractivity contribution in [2.75, 3.05) is 26.7 Å². The lowest BCUT2D eigenvalue weighted by Gasteiger charge is -2.20. The molecule has 0 atom stereocenters. The Morgan fingerprint density at radius 3 is 1.14 bits per heavy atom. The van der Waals surface area contributed by atoms with Gasteiger partial charge in [0.2, 0.25) is 0 Å². The molecule has 9 rings (SSSR count). The Labute approximate surface area is 734 Å². The van der Waals surface area contributed by atoms with Gasteiger partial charge in [0.25, 0.3) is 0 Å². The normalized spacial score (nSPS) is 10.4. The second-order valence-electron chi connectivity index (χ2n) is 24.1. The van der Waals surface area contributed by atoms with E-state index in [0.29, 0.717) is 0 Å². The van der Waals surface area contributed by atoms with E-state index in [1.165, 1.54) is 95.3 Å². The second kappa shape index (κ2) is 121. The fourth-order valence-electron chi connectivity index (χ4n) is 8.29. The van der Waals surface area contributed by atoms with Crippen LogP contribution in [0, 0.1) is 5.92 Å². The van der Waals surface area contributed by atoms with Gasteiger partial charge in [0.05, 0.1) is 0 Å². The molecule has 0 bridgehead atoms. The highest BCUT2D eigenvalue weighted by molar-refractivity contribution is 5.50. The summed E-state index contributed by atoms with van der Waals surface area (Å²) in [5, 5.41) is 6.28. The van der Waals surface area contributed by atoms with E-state index in [0.717, 1.165) is 75.9 Å². The number of rotatable bonds is 19. The minimum Gasteiger partial charge on any atom is -0.320 e. The first-order valence-corrected chi connectivity index (χ1v) is 45.6. The lowest BCUT2D eigenvalue weighted by atomic mass is 9.96. The third-order valence-corrected chi connectivity index (χ3v) is 15.3. The molecule has 0 unspecified atom stereocenters. The zero-order valence-electron chi connectivity index (χ0n) is 82.3. The summed E-state index contributed by atoms with van der Waals surface area (Å²) in [6, 6.07) is 54.0. The summed E-state index contributed by atoms with van der Waals surface area (Å²) in [4.78, 5) is 15.7. The minimum absolute atomic E-state index is 1.01. The summed E-state index contributed by atoms with van der Waals surface area (Å²) in [6.07, 6.45) is 66.8. The Balaban J connectivity index is -0.000000133. The minimum atomic E-state index is 1.01. The third-order valence-electron chi connectivity index (χ3n) is 15.3. The smallest absolute Gasteiger partial charge is 0.168 e. The van der Waals surface area contributed by atoms with Crippen molar-refractivity contribution in [2.45, 2.75) is 298 Å². The number of aromatic nitrogens is 5. The molecule has 4 aromatic carbocycles. The van der Waals surface area contributed by atoms with Crippen molar-refractivity contribution in [3.63, 3.8) is 0 Å². The first kappa shape index (κ1) is 130. The number of nitrogens with zero attached hydrogens (tertiary/aromatic N) is 5. The molecule has 0 amide bonds. The summed E-state index contributed by atoms with van der Waals surface area (Å²) in [5.41, 5.74) is 13.1. The molecular formula is C111H184N7+. The standard InChI is InChI=1S/C12H16.2C9H10.C8H12N.C8H10.2C8H14.C7H15N.2C7H9N.C7H12.C6H8N2.C3H9N.6C2H6/c1-3-5-6-12-9-7-11(4-2)8-10-12;2*1-2-6-9-7-4-3-5-8-9;1-3-8-4-6-9(2)7-5-8;1-2-8-6-4-3-5-7-8;1-4-6-7-8(3)5-2;1-3-5-7-8-6-4-2;1-2-7-3-5-8-6-4-7;1-2-7-4-3-5-8-6-7;1-2-7-5-3-4-6-8-7;1-3-5-7-6-4-2;1-2-6-3-7-5-8-4-6;1-3-4-2;6*1-2/h5-10H,3-4H2,1-2H3;2*2-8H,1H3;4-7H,3H2,1-2H3;3-7H,2H2,1H3;4,6-7H,5H2,1-3H3;3,5,7-8H,4,6H2,1-2H3;7-8H,2-6H2,1H3;2*3-6H,2H2,1H3;3,5-7H,4H2,1-2H3;3-5H,2H2,1H3;4H,3H2,1-2H3;6*1-2H3/q;;;+1;;;;;;;;;;;;;;;. The van der Waals surface area contributed by atoms with Crippen molar-refractivity contribution in [2.24, 2.45) is 13.0 Å². The van der Waals surface area contributed by atoms with Crippen LogP contribution < -0.4 is 15.2 Å². The Kier molecular flexibility index (Phi) is 133. The summed E-state index contributed by atoms with van der Waals surface area (Å²) >= 11 is 0. The van der Waals surface area contributed by atoms with E-state index >= 15 is 0 Å². The van der Waals surface area contributed by atoms with E-state index in [-0.39, 0.29) is 0 Å². The molecule has 118 heavy (non-hydrogen) atoms. The van der Waals surface area contributed by atoms with Crippen LogP contribution in [0.2, 0.25) is 0 Å². The number of hydrogen-bond donors (Lipinski definition) is 2. The van der Waals surface area contributed by atoms with E-state index < -0.39 is 0 Å². The van der Waals surface area contributed by atoms with Crippen LogP contribution in [0.4, 0.5) is 0 Å². The quantitative estimate of drug-likeness (QED) is 0.0620. The number of benzene rings is 4. The van der Waals surface area contributed by atoms with E-state index in [4.69, 9.17) is 0 Å². The highest BCUT2D eigenvalue weighted by atomic mass is 14.9. The first-order valence-electron chi connectivity index (χ1n) is 45.6. The average molecular weight is 1620 g/mol. The van der Waals surface area contributed by atoms with Crippen LogP contribution in [0.1, 0.15) is 309 Å². The summed E-state index contributed by atoms with van der Waals surface area (Å²) < 4.78 is 2.04. The monoisotopic (exact) mass is 1620 g/mol. The van der Waals surface area contributed by atoms with Crippen molar-refractivity contribution in [3.05, 3.63) is 348 Å². The highest BCUT2D eigenvalue weighted by Crippen LogP contribution is 2.14. The lowest BCUT2D eigenvalue weighted by molar-refractivity contribution is -0.671. The molecule has 1 aliphatic rings. The molecule has 1 fully saturated rings. The van der Waals surface area contributed by atoms with Gasteiger partial charge in [0, 0.05) is 48.8 Å². The predicted molar refractivity (Wildman–Crippen MR) is 544 cm³/mol. The molecule has 7 nitrogen and oxygen atoms in total. The first-order chi connectivity index (χ1) is 57.8. The Bertz CT molecular complexity index is 3080. The number of unbranched alkanes of at least 4 members (excludes halogenated alkanes) is 1. The van der Waals surface area contributed by atoms with Gasteiger partial charge in [-0.25, -0.2) is 14.5 Å². The van der Waals surface area contributed by atoms with Crippen LogP contribution in [0.25, 0.3) is 18.2 Å². The number of pyridine rings is 3. The third kappa shape index (κ3) is 105. The zero-order chi connectivity index (χ0) is 91.3. The Morgan fingerprint density at radius 2 is 0.814 bits per heavy atom.